The minimum Gasteiger partial charge on any atom is -0.504 e. The zero-order valence-electron chi connectivity index (χ0n) is 24.8. The third kappa shape index (κ3) is 8.05. The largest absolute Gasteiger partial charge is 0.504 e. The molecule has 0 aromatic heterocycles. The number of aliphatic hydroxyl groups excluding tert-OH is 5. The van der Waals surface area contributed by atoms with Gasteiger partial charge in [0.2, 0.25) is 0 Å². The van der Waals surface area contributed by atoms with Crippen LogP contribution in [0.15, 0.2) is 42.5 Å². The van der Waals surface area contributed by atoms with E-state index in [0.29, 0.717) is 11.1 Å². The number of aliphatic hydroxyl groups is 5. The zero-order valence-corrected chi connectivity index (χ0v) is 24.8. The van der Waals surface area contributed by atoms with Gasteiger partial charge in [0, 0.05) is 13.2 Å². The smallest absolute Gasteiger partial charge is 0.331 e. The van der Waals surface area contributed by atoms with Crippen LogP contribution in [0.2, 0.25) is 0 Å². The van der Waals surface area contributed by atoms with Gasteiger partial charge < -0.3 is 74.4 Å². The molecular weight excluding hydrogens is 616 g/mol. The molecule has 16 nitrogen and oxygen atoms in total. The first-order valence-corrected chi connectivity index (χ1v) is 14.2. The zero-order chi connectivity index (χ0) is 33.7. The van der Waals surface area contributed by atoms with Crippen LogP contribution >= 0.6 is 0 Å². The molecular formula is C30H38O16. The normalized spacial score (nSPS) is 32.3. The number of benzene rings is 2. The second-order valence-electron chi connectivity index (χ2n) is 10.8. The van der Waals surface area contributed by atoms with Crippen molar-refractivity contribution in [2.45, 2.75) is 74.4 Å². The Morgan fingerprint density at radius 1 is 0.848 bits per heavy atom. The van der Waals surface area contributed by atoms with E-state index in [1.807, 2.05) is 0 Å². The molecule has 46 heavy (non-hydrogen) atoms. The van der Waals surface area contributed by atoms with Crippen LogP contribution < -0.4 is 0 Å². The maximum Gasteiger partial charge on any atom is 0.331 e. The lowest BCUT2D eigenvalue weighted by Crippen LogP contribution is -2.65. The summed E-state index contributed by atoms with van der Waals surface area (Å²) in [6.45, 7) is 0.351. The number of esters is 1. The molecule has 16 heteroatoms. The molecule has 2 aromatic rings. The molecule has 0 bridgehead atoms. The summed E-state index contributed by atoms with van der Waals surface area (Å²) >= 11 is 0. The molecule has 11 atom stereocenters. The van der Waals surface area contributed by atoms with E-state index in [2.05, 4.69) is 0 Å². The first-order valence-electron chi connectivity index (χ1n) is 14.2. The highest BCUT2D eigenvalue weighted by atomic mass is 16.7. The summed E-state index contributed by atoms with van der Waals surface area (Å²) in [7, 11) is 1.35. The van der Waals surface area contributed by atoms with Crippen molar-refractivity contribution in [3.05, 3.63) is 53.6 Å². The van der Waals surface area contributed by atoms with Gasteiger partial charge in [0.15, 0.2) is 41.7 Å². The number of aromatic hydroxyl groups is 4. The fraction of sp³-hybridized carbons (Fsp3) is 0.500. The monoisotopic (exact) mass is 654 g/mol. The number of rotatable bonds is 11. The summed E-state index contributed by atoms with van der Waals surface area (Å²) in [4.78, 5) is 12.9. The minimum absolute atomic E-state index is 0.287. The fourth-order valence-corrected chi connectivity index (χ4v) is 4.96. The number of phenolic OH excluding ortho intramolecular Hbond substituents is 4. The standard InChI is InChI=1S/C30H38O16/c1-13-23(37)24(38)25(39)30(43-13)46-28-26(40)29(42-12-21(41-2)15-5-7-17(33)19(35)10-15)44-20(11-31)27(28)45-22(36)8-4-14-3-6-16(32)18(34)9-14/h3-10,13,20-21,23-35,37-40H,11-12H2,1-2H3/t13-,20+,21+,23+,24-,25+,26+,27+,28-,29+,30-/m0/s1. The Morgan fingerprint density at radius 2 is 1.52 bits per heavy atom. The number of hydrogen-bond donors (Lipinski definition) is 9. The predicted octanol–water partition coefficient (Wildman–Crippen LogP) is -0.871. The Labute approximate surface area is 262 Å². The number of methoxy groups -OCH3 is 1. The van der Waals surface area contributed by atoms with Gasteiger partial charge in [0.25, 0.3) is 0 Å². The number of carbonyl (C=O) groups excluding carboxylic acids is 1. The van der Waals surface area contributed by atoms with E-state index < -0.39 is 91.6 Å². The van der Waals surface area contributed by atoms with Crippen molar-refractivity contribution >= 4 is 12.0 Å². The van der Waals surface area contributed by atoms with Gasteiger partial charge in [-0.1, -0.05) is 12.1 Å². The maximum atomic E-state index is 12.9. The van der Waals surface area contributed by atoms with Crippen LogP contribution in [0.25, 0.3) is 6.08 Å². The fourth-order valence-electron chi connectivity index (χ4n) is 4.96. The number of hydrogen-bond acceptors (Lipinski definition) is 16. The molecule has 2 heterocycles. The topological polar surface area (TPSA) is 255 Å². The molecule has 2 saturated heterocycles. The van der Waals surface area contributed by atoms with Crippen LogP contribution in [0.3, 0.4) is 0 Å². The van der Waals surface area contributed by atoms with E-state index in [1.165, 1.54) is 56.5 Å². The lowest BCUT2D eigenvalue weighted by molar-refractivity contribution is -0.358. The van der Waals surface area contributed by atoms with Crippen molar-refractivity contribution in [3.63, 3.8) is 0 Å². The lowest BCUT2D eigenvalue weighted by Gasteiger charge is -2.46. The minimum atomic E-state index is -1.80. The van der Waals surface area contributed by atoms with Gasteiger partial charge in [-0.15, -0.1) is 0 Å². The maximum absolute atomic E-state index is 12.9. The molecule has 9 N–H and O–H groups in total. The van der Waals surface area contributed by atoms with E-state index in [0.717, 1.165) is 6.08 Å². The number of carbonyl (C=O) groups is 1. The Kier molecular flexibility index (Phi) is 11.8. The summed E-state index contributed by atoms with van der Waals surface area (Å²) in [6, 6.07) is 7.77. The first-order chi connectivity index (χ1) is 21.8. The molecule has 4 rings (SSSR count). The quantitative estimate of drug-likeness (QED) is 0.0811. The third-order valence-corrected chi connectivity index (χ3v) is 7.63. The number of phenols is 4. The molecule has 0 unspecified atom stereocenters. The number of ether oxygens (including phenoxy) is 6. The van der Waals surface area contributed by atoms with Crippen molar-refractivity contribution < 1.29 is 79.2 Å². The summed E-state index contributed by atoms with van der Waals surface area (Å²) in [5, 5.41) is 91.2. The summed E-state index contributed by atoms with van der Waals surface area (Å²) in [6.07, 6.45) is -14.1. The van der Waals surface area contributed by atoms with Gasteiger partial charge in [0.1, 0.15) is 42.7 Å². The highest BCUT2D eigenvalue weighted by molar-refractivity contribution is 5.87. The molecule has 2 aromatic carbocycles. The Morgan fingerprint density at radius 3 is 2.15 bits per heavy atom. The Hall–Kier alpha value is -3.55. The van der Waals surface area contributed by atoms with Crippen LogP contribution in [-0.2, 0) is 33.2 Å². The van der Waals surface area contributed by atoms with Crippen molar-refractivity contribution in [1.82, 2.24) is 0 Å². The van der Waals surface area contributed by atoms with Crippen molar-refractivity contribution in [3.8, 4) is 23.0 Å². The molecule has 2 aliphatic rings. The van der Waals surface area contributed by atoms with E-state index in [4.69, 9.17) is 28.4 Å². The van der Waals surface area contributed by atoms with Gasteiger partial charge in [-0.05, 0) is 48.4 Å². The molecule has 2 aliphatic heterocycles. The molecule has 0 amide bonds. The van der Waals surface area contributed by atoms with Crippen LogP contribution in [0.1, 0.15) is 24.2 Å². The van der Waals surface area contributed by atoms with Crippen molar-refractivity contribution in [2.75, 3.05) is 20.3 Å². The predicted molar refractivity (Wildman–Crippen MR) is 153 cm³/mol. The highest BCUT2D eigenvalue weighted by Gasteiger charge is 2.52. The van der Waals surface area contributed by atoms with Crippen LogP contribution in [0.4, 0.5) is 0 Å². The van der Waals surface area contributed by atoms with Gasteiger partial charge in [0.05, 0.1) is 19.3 Å². The molecule has 0 aliphatic carbocycles. The van der Waals surface area contributed by atoms with Crippen LogP contribution in [-0.4, -0.2) is 134 Å². The average molecular weight is 655 g/mol. The van der Waals surface area contributed by atoms with E-state index in [1.54, 1.807) is 0 Å². The second kappa shape index (κ2) is 15.4. The van der Waals surface area contributed by atoms with E-state index >= 15 is 0 Å². The Balaban J connectivity index is 1.56. The highest BCUT2D eigenvalue weighted by Crippen LogP contribution is 2.33. The second-order valence-corrected chi connectivity index (χ2v) is 10.8. The van der Waals surface area contributed by atoms with Gasteiger partial charge in [-0.2, -0.15) is 0 Å². The van der Waals surface area contributed by atoms with Gasteiger partial charge >= 0.3 is 5.97 Å². The molecule has 0 saturated carbocycles. The third-order valence-electron chi connectivity index (χ3n) is 7.63. The lowest BCUT2D eigenvalue weighted by atomic mass is 9.97. The van der Waals surface area contributed by atoms with Crippen molar-refractivity contribution in [2.24, 2.45) is 0 Å². The Bertz CT molecular complexity index is 1350. The van der Waals surface area contributed by atoms with Gasteiger partial charge in [-0.3, -0.25) is 0 Å². The van der Waals surface area contributed by atoms with Crippen LogP contribution in [0.5, 0.6) is 23.0 Å². The molecule has 2 fully saturated rings. The summed E-state index contributed by atoms with van der Waals surface area (Å²) in [5.41, 5.74) is 0.720. The van der Waals surface area contributed by atoms with Crippen LogP contribution in [0, 0.1) is 0 Å². The van der Waals surface area contributed by atoms with E-state index in [-0.39, 0.29) is 18.1 Å². The molecule has 254 valence electrons. The summed E-state index contributed by atoms with van der Waals surface area (Å²) in [5.74, 6) is -2.56. The summed E-state index contributed by atoms with van der Waals surface area (Å²) < 4.78 is 33.8. The average Bonchev–Trinajstić information content (AvgIpc) is 3.03. The molecule has 0 spiro atoms. The first kappa shape index (κ1) is 35.3. The SMILES string of the molecule is CO[C@H](CO[C@@H]1O[C@H](CO)[C@@H](OC(=O)C=Cc2ccc(O)c(O)c2)[C@@H](O[C@@H]2O[C@@H](C)[C@@H](O)[C@H](O)[C@H]2O)[C@H]1O)c1ccc(O)c(O)c1. The van der Waals surface area contributed by atoms with Gasteiger partial charge in [-0.25, -0.2) is 4.79 Å². The van der Waals surface area contributed by atoms with Crippen molar-refractivity contribution in [1.29, 1.82) is 0 Å². The van der Waals surface area contributed by atoms with E-state index in [9.17, 15) is 50.8 Å². The molecule has 0 radical (unpaired) electrons.